The molecule has 224 valence electrons. The number of oxime groups is 2. The van der Waals surface area contributed by atoms with Crippen LogP contribution in [-0.4, -0.2) is 95.4 Å². The number of carbonyl (C=O) groups is 2. The average molecular weight is 834 g/mol. The van der Waals surface area contributed by atoms with Gasteiger partial charge in [0.15, 0.2) is 11.2 Å². The van der Waals surface area contributed by atoms with E-state index in [4.69, 9.17) is 19.1 Å². The number of hydrogen-bond acceptors (Lipinski definition) is 11. The smallest absolute Gasteiger partial charge is 0.269 e. The van der Waals surface area contributed by atoms with Crippen LogP contribution in [0.1, 0.15) is 19.3 Å². The molecule has 0 bridgehead atoms. The first-order chi connectivity index (χ1) is 19.4. The molecule has 5 unspecified atom stereocenters. The highest BCUT2D eigenvalue weighted by molar-refractivity contribution is 9.12. The average Bonchev–Trinajstić information content (AvgIpc) is 3.56. The molecule has 17 heteroatoms. The van der Waals surface area contributed by atoms with E-state index >= 15 is 0 Å². The van der Waals surface area contributed by atoms with Crippen LogP contribution >= 0.6 is 63.7 Å². The molecule has 0 aromatic rings. The summed E-state index contributed by atoms with van der Waals surface area (Å²) in [5.74, 6) is -0.282. The number of amides is 2. The topological polar surface area (TPSA) is 181 Å². The number of nitrogens with one attached hydrogen (secondary N) is 2. The molecule has 4 rings (SSSR count). The van der Waals surface area contributed by atoms with E-state index in [2.05, 4.69) is 84.7 Å². The fourth-order valence-electron chi connectivity index (χ4n) is 4.51. The van der Waals surface area contributed by atoms with Gasteiger partial charge in [0.05, 0.1) is 38.3 Å². The number of ether oxygens (including phenoxy) is 2. The van der Waals surface area contributed by atoms with Gasteiger partial charge in [-0.2, -0.15) is 0 Å². The maximum atomic E-state index is 12.6. The lowest BCUT2D eigenvalue weighted by Gasteiger charge is -2.33. The number of halogens is 4. The van der Waals surface area contributed by atoms with Crippen LogP contribution in [0, 0.1) is 0 Å². The summed E-state index contributed by atoms with van der Waals surface area (Å²) in [7, 11) is 2.92. The monoisotopic (exact) mass is 830 g/mol. The maximum absolute atomic E-state index is 12.6. The molecule has 2 heterocycles. The quantitative estimate of drug-likeness (QED) is 0.232. The van der Waals surface area contributed by atoms with Crippen molar-refractivity contribution < 1.29 is 44.1 Å². The summed E-state index contributed by atoms with van der Waals surface area (Å²) in [6, 6.07) is 0. The van der Waals surface area contributed by atoms with Crippen molar-refractivity contribution >= 4 is 87.0 Å². The number of hydrogen-bond donors (Lipinski definition) is 5. The van der Waals surface area contributed by atoms with Crippen LogP contribution in [-0.2, 0) is 28.7 Å². The van der Waals surface area contributed by atoms with Gasteiger partial charge < -0.3 is 45.1 Å². The van der Waals surface area contributed by atoms with Crippen LogP contribution in [0.5, 0.6) is 0 Å². The van der Waals surface area contributed by atoms with Gasteiger partial charge in [-0.3, -0.25) is 9.59 Å². The summed E-state index contributed by atoms with van der Waals surface area (Å²) in [6.45, 7) is -0.0254. The molecule has 0 fully saturated rings. The Kier molecular flexibility index (Phi) is 10.1. The molecule has 2 amide bonds. The van der Waals surface area contributed by atoms with Crippen molar-refractivity contribution in [1.29, 1.82) is 0 Å². The van der Waals surface area contributed by atoms with E-state index in [1.807, 2.05) is 0 Å². The molecule has 4 aliphatic rings. The van der Waals surface area contributed by atoms with E-state index in [1.54, 1.807) is 12.2 Å². The summed E-state index contributed by atoms with van der Waals surface area (Å²) >= 11 is 13.3. The summed E-state index contributed by atoms with van der Waals surface area (Å²) in [4.78, 5) is 36.2. The highest BCUT2D eigenvalue weighted by Gasteiger charge is 2.51. The molecule has 5 N–H and O–H groups in total. The summed E-state index contributed by atoms with van der Waals surface area (Å²) < 4.78 is 12.3. The number of methoxy groups -OCH3 is 2. The maximum Gasteiger partial charge on any atom is 0.269 e. The van der Waals surface area contributed by atoms with Crippen LogP contribution in [0.25, 0.3) is 0 Å². The minimum absolute atomic E-state index is 0.00504. The first-order valence-electron chi connectivity index (χ1n) is 12.1. The molecule has 41 heavy (non-hydrogen) atoms. The van der Waals surface area contributed by atoms with Gasteiger partial charge in [-0.15, -0.1) is 0 Å². The summed E-state index contributed by atoms with van der Waals surface area (Å²) in [5, 5.41) is 44.7. The Bertz CT molecular complexity index is 1310. The van der Waals surface area contributed by atoms with E-state index in [0.29, 0.717) is 29.4 Å². The normalized spacial score (nSPS) is 29.8. The van der Waals surface area contributed by atoms with Crippen LogP contribution < -0.4 is 10.6 Å². The zero-order valence-corrected chi connectivity index (χ0v) is 28.0. The van der Waals surface area contributed by atoms with Crippen LogP contribution in [0.15, 0.2) is 51.9 Å². The molecule has 13 nitrogen and oxygen atoms in total. The Morgan fingerprint density at radius 2 is 1.37 bits per heavy atom. The number of aliphatic hydroxyl groups excluding tert-OH is 3. The standard InChI is InChI=1S/C24H26Br4N4O9/c1-38-17-11(25)5-23(19(34)15(17)27)7-13(31-40-23)21(36)29-4-3-10(33)9-30-22(37)14-8-24(41-32-14)6-12(26)18(39-2)16(28)20(24)35/h5-6,10,19-20,33-35H,3-4,7-9H2,1-2H3,(H,29,36)(H,30,37). The highest BCUT2D eigenvalue weighted by Crippen LogP contribution is 2.45. The summed E-state index contributed by atoms with van der Waals surface area (Å²) in [6.07, 6.45) is 0.00499. The Morgan fingerprint density at radius 1 is 0.927 bits per heavy atom. The third-order valence-corrected chi connectivity index (χ3v) is 9.51. The molecule has 0 saturated heterocycles. The van der Waals surface area contributed by atoms with E-state index in [9.17, 15) is 24.9 Å². The van der Waals surface area contributed by atoms with E-state index in [0.717, 1.165) is 0 Å². The second kappa shape index (κ2) is 12.9. The number of rotatable bonds is 9. The number of allylic oxidation sites excluding steroid dienone is 2. The first-order valence-corrected chi connectivity index (χ1v) is 15.3. The molecule has 2 spiro atoms. The lowest BCUT2D eigenvalue weighted by molar-refractivity contribution is -0.116. The molecule has 0 radical (unpaired) electrons. The van der Waals surface area contributed by atoms with E-state index in [-0.39, 0.29) is 43.8 Å². The Balaban J connectivity index is 1.21. The highest BCUT2D eigenvalue weighted by atomic mass is 79.9. The van der Waals surface area contributed by atoms with Crippen LogP contribution in [0.4, 0.5) is 0 Å². The van der Waals surface area contributed by atoms with Gasteiger partial charge >= 0.3 is 0 Å². The van der Waals surface area contributed by atoms with Gasteiger partial charge in [-0.1, -0.05) is 10.3 Å². The third kappa shape index (κ3) is 6.31. The van der Waals surface area contributed by atoms with Crippen molar-refractivity contribution in [3.8, 4) is 0 Å². The Morgan fingerprint density at radius 3 is 1.80 bits per heavy atom. The van der Waals surface area contributed by atoms with Crippen LogP contribution in [0.3, 0.4) is 0 Å². The van der Waals surface area contributed by atoms with Crippen molar-refractivity contribution in [2.45, 2.75) is 48.8 Å². The SMILES string of the molecule is COC1=C(Br)C(O)C2(C=C1Br)CC(C(=O)NCCC(O)CNC(=O)C1=NOC3(C=C(Br)C(OC)=C(Br)C3O)C1)=NO2. The largest absolute Gasteiger partial charge is 0.495 e. The Labute approximate surface area is 268 Å². The zero-order valence-electron chi connectivity index (χ0n) is 21.6. The molecule has 0 saturated carbocycles. The lowest BCUT2D eigenvalue weighted by atomic mass is 9.87. The van der Waals surface area contributed by atoms with Gasteiger partial charge in [0.25, 0.3) is 11.8 Å². The van der Waals surface area contributed by atoms with Crippen molar-refractivity contribution in [1.82, 2.24) is 10.6 Å². The Hall–Kier alpha value is -1.76. The molecule has 2 aliphatic heterocycles. The third-order valence-electron chi connectivity index (χ3n) is 6.75. The second-order valence-electron chi connectivity index (χ2n) is 9.48. The van der Waals surface area contributed by atoms with E-state index in [1.165, 1.54) is 14.2 Å². The molecule has 5 atom stereocenters. The molecule has 2 aliphatic carbocycles. The van der Waals surface area contributed by atoms with E-state index < -0.39 is 41.3 Å². The first kappa shape index (κ1) is 32.2. The minimum Gasteiger partial charge on any atom is -0.495 e. The second-order valence-corrected chi connectivity index (χ2v) is 12.9. The van der Waals surface area contributed by atoms with Crippen molar-refractivity contribution in [3.63, 3.8) is 0 Å². The lowest BCUT2D eigenvalue weighted by Crippen LogP contribution is -2.45. The fourth-order valence-corrected chi connectivity index (χ4v) is 8.09. The van der Waals surface area contributed by atoms with Gasteiger partial charge in [-0.25, -0.2) is 0 Å². The van der Waals surface area contributed by atoms with Crippen LogP contribution in [0.2, 0.25) is 0 Å². The fraction of sp³-hybridized carbons (Fsp3) is 0.500. The number of nitrogens with zero attached hydrogens (tertiary/aromatic N) is 2. The number of carbonyl (C=O) groups excluding carboxylic acids is 2. The van der Waals surface area contributed by atoms with Crippen molar-refractivity contribution in [2.75, 3.05) is 27.3 Å². The molecular formula is C24H26Br4N4O9. The molecule has 0 aromatic carbocycles. The van der Waals surface area contributed by atoms with Gasteiger partial charge in [0.2, 0.25) is 0 Å². The van der Waals surface area contributed by atoms with Gasteiger partial charge in [-0.05, 0) is 82.3 Å². The van der Waals surface area contributed by atoms with Crippen molar-refractivity contribution in [3.05, 3.63) is 41.6 Å². The number of aliphatic hydroxyl groups is 3. The zero-order chi connectivity index (χ0) is 30.1. The van der Waals surface area contributed by atoms with Gasteiger partial charge in [0.1, 0.15) is 35.1 Å². The minimum atomic E-state index is -1.29. The van der Waals surface area contributed by atoms with Gasteiger partial charge in [0, 0.05) is 25.9 Å². The predicted molar refractivity (Wildman–Crippen MR) is 160 cm³/mol. The molecule has 0 aromatic heterocycles. The van der Waals surface area contributed by atoms with Crippen molar-refractivity contribution in [2.24, 2.45) is 10.3 Å². The predicted octanol–water partition coefficient (Wildman–Crippen LogP) is 1.81. The molecular weight excluding hydrogens is 808 g/mol. The summed E-state index contributed by atoms with van der Waals surface area (Å²) in [5.41, 5.74) is -2.46.